The molecule has 112 valence electrons. The van der Waals surface area contributed by atoms with Crippen molar-refractivity contribution in [3.05, 3.63) is 69.5 Å². The molecule has 0 bridgehead atoms. The first kappa shape index (κ1) is 15.1. The molecular weight excluding hydrogens is 290 g/mol. The van der Waals surface area contributed by atoms with Crippen LogP contribution >= 0.6 is 0 Å². The number of hydrogen-bond acceptors (Lipinski definition) is 5. The van der Waals surface area contributed by atoms with E-state index in [2.05, 4.69) is 10.3 Å². The molecule has 2 aromatic rings. The van der Waals surface area contributed by atoms with Crippen molar-refractivity contribution in [2.45, 2.75) is 6.54 Å². The topological polar surface area (TPSA) is 122 Å². The number of nitro groups is 1. The zero-order chi connectivity index (χ0) is 16.1. The fourth-order valence-electron chi connectivity index (χ4n) is 1.80. The number of nitro benzene ring substituents is 1. The van der Waals surface area contributed by atoms with Gasteiger partial charge in [0.15, 0.2) is 0 Å². The first-order chi connectivity index (χ1) is 10.5. The number of non-ortho nitro benzene ring substituents is 1. The maximum Gasteiger partial charge on any atom is 0.336 e. The lowest BCUT2D eigenvalue weighted by molar-refractivity contribution is -0.384. The smallest absolute Gasteiger partial charge is 0.336 e. The van der Waals surface area contributed by atoms with Crippen molar-refractivity contribution in [3.63, 3.8) is 0 Å². The van der Waals surface area contributed by atoms with Crippen LogP contribution in [0, 0.1) is 10.1 Å². The summed E-state index contributed by atoms with van der Waals surface area (Å²) in [6, 6.07) is 6.46. The van der Waals surface area contributed by atoms with Crippen molar-refractivity contribution in [3.8, 4) is 0 Å². The molecule has 0 aliphatic rings. The predicted octanol–water partition coefficient (Wildman–Crippen LogP) is 1.62. The van der Waals surface area contributed by atoms with E-state index in [9.17, 15) is 19.7 Å². The van der Waals surface area contributed by atoms with Gasteiger partial charge in [-0.25, -0.2) is 4.79 Å². The average molecular weight is 301 g/mol. The molecule has 2 rings (SSSR count). The Morgan fingerprint density at radius 2 is 2.05 bits per heavy atom. The van der Waals surface area contributed by atoms with Gasteiger partial charge < -0.3 is 10.4 Å². The number of nitrogens with zero attached hydrogens (tertiary/aromatic N) is 2. The summed E-state index contributed by atoms with van der Waals surface area (Å²) in [6.07, 6.45) is 3.13. The first-order valence-corrected chi connectivity index (χ1v) is 6.18. The Labute approximate surface area is 124 Å². The summed E-state index contributed by atoms with van der Waals surface area (Å²) in [4.78, 5) is 37.2. The summed E-state index contributed by atoms with van der Waals surface area (Å²) in [5.74, 6) is -2.04. The minimum Gasteiger partial charge on any atom is -0.478 e. The molecule has 0 saturated carbocycles. The highest BCUT2D eigenvalue weighted by atomic mass is 16.6. The Balaban J connectivity index is 2.25. The highest BCUT2D eigenvalue weighted by Gasteiger charge is 2.20. The van der Waals surface area contributed by atoms with Gasteiger partial charge in [0.1, 0.15) is 0 Å². The Morgan fingerprint density at radius 3 is 2.64 bits per heavy atom. The van der Waals surface area contributed by atoms with Gasteiger partial charge in [0.2, 0.25) is 0 Å². The van der Waals surface area contributed by atoms with Crippen LogP contribution in [0.5, 0.6) is 0 Å². The molecule has 0 fully saturated rings. The molecular formula is C14H11N3O5. The Bertz CT molecular complexity index is 731. The molecule has 1 amide bonds. The Kier molecular flexibility index (Phi) is 4.42. The van der Waals surface area contributed by atoms with E-state index in [1.807, 2.05) is 0 Å². The SMILES string of the molecule is O=C(O)c1ccc([N+](=O)[O-])cc1C(=O)NCc1cccnc1. The van der Waals surface area contributed by atoms with Crippen molar-refractivity contribution in [1.29, 1.82) is 0 Å². The van der Waals surface area contributed by atoms with Gasteiger partial charge in [-0.05, 0) is 17.7 Å². The van der Waals surface area contributed by atoms with E-state index < -0.39 is 16.8 Å². The Hall–Kier alpha value is -3.29. The van der Waals surface area contributed by atoms with Gasteiger partial charge in [0, 0.05) is 31.1 Å². The summed E-state index contributed by atoms with van der Waals surface area (Å²) in [7, 11) is 0. The van der Waals surface area contributed by atoms with Crippen molar-refractivity contribution >= 4 is 17.6 Å². The fourth-order valence-corrected chi connectivity index (χ4v) is 1.80. The molecule has 0 unspecified atom stereocenters. The molecule has 0 atom stereocenters. The average Bonchev–Trinajstić information content (AvgIpc) is 2.52. The van der Waals surface area contributed by atoms with E-state index in [1.54, 1.807) is 24.5 Å². The van der Waals surface area contributed by atoms with Gasteiger partial charge in [-0.3, -0.25) is 19.9 Å². The van der Waals surface area contributed by atoms with Crippen LogP contribution in [0.2, 0.25) is 0 Å². The summed E-state index contributed by atoms with van der Waals surface area (Å²) >= 11 is 0. The van der Waals surface area contributed by atoms with E-state index >= 15 is 0 Å². The maximum absolute atomic E-state index is 12.1. The highest BCUT2D eigenvalue weighted by molar-refractivity contribution is 6.05. The molecule has 1 aromatic heterocycles. The molecule has 1 heterocycles. The number of pyridine rings is 1. The zero-order valence-corrected chi connectivity index (χ0v) is 11.2. The third-order valence-electron chi connectivity index (χ3n) is 2.86. The van der Waals surface area contributed by atoms with E-state index in [-0.39, 0.29) is 23.4 Å². The largest absolute Gasteiger partial charge is 0.478 e. The lowest BCUT2D eigenvalue weighted by Gasteiger charge is -2.07. The number of carbonyl (C=O) groups excluding carboxylic acids is 1. The second-order valence-electron chi connectivity index (χ2n) is 4.34. The van der Waals surface area contributed by atoms with Gasteiger partial charge in [0.25, 0.3) is 11.6 Å². The molecule has 8 nitrogen and oxygen atoms in total. The van der Waals surface area contributed by atoms with Crippen LogP contribution in [-0.2, 0) is 6.54 Å². The van der Waals surface area contributed by atoms with Crippen LogP contribution < -0.4 is 5.32 Å². The van der Waals surface area contributed by atoms with Crippen LogP contribution in [0.15, 0.2) is 42.7 Å². The summed E-state index contributed by atoms with van der Waals surface area (Å²) in [5, 5.41) is 22.3. The molecule has 0 aliphatic carbocycles. The highest BCUT2D eigenvalue weighted by Crippen LogP contribution is 2.18. The van der Waals surface area contributed by atoms with Crippen molar-refractivity contribution in [2.75, 3.05) is 0 Å². The number of amides is 1. The van der Waals surface area contributed by atoms with E-state index in [0.717, 1.165) is 23.8 Å². The van der Waals surface area contributed by atoms with Gasteiger partial charge in [-0.15, -0.1) is 0 Å². The molecule has 0 spiro atoms. The fraction of sp³-hybridized carbons (Fsp3) is 0.0714. The first-order valence-electron chi connectivity index (χ1n) is 6.18. The van der Waals surface area contributed by atoms with Gasteiger partial charge in [0.05, 0.1) is 16.1 Å². The molecule has 0 saturated heterocycles. The number of aromatic nitrogens is 1. The zero-order valence-electron chi connectivity index (χ0n) is 11.2. The predicted molar refractivity (Wildman–Crippen MR) is 75.5 cm³/mol. The number of hydrogen-bond donors (Lipinski definition) is 2. The second kappa shape index (κ2) is 6.44. The van der Waals surface area contributed by atoms with Crippen LogP contribution in [0.3, 0.4) is 0 Å². The standard InChI is InChI=1S/C14H11N3O5/c18-13(16-8-9-2-1-5-15-7-9)12-6-10(17(21)22)3-4-11(12)14(19)20/h1-7H,8H2,(H,16,18)(H,19,20). The number of carbonyl (C=O) groups is 2. The lowest BCUT2D eigenvalue weighted by atomic mass is 10.1. The number of carboxylic acid groups (broad SMARTS) is 1. The van der Waals surface area contributed by atoms with Crippen LogP contribution in [0.4, 0.5) is 5.69 Å². The van der Waals surface area contributed by atoms with Crippen LogP contribution in [0.1, 0.15) is 26.3 Å². The van der Waals surface area contributed by atoms with Gasteiger partial charge in [-0.2, -0.15) is 0 Å². The maximum atomic E-state index is 12.1. The summed E-state index contributed by atoms with van der Waals surface area (Å²) in [5.41, 5.74) is -0.186. The molecule has 22 heavy (non-hydrogen) atoms. The Morgan fingerprint density at radius 1 is 1.27 bits per heavy atom. The minimum absolute atomic E-state index is 0.133. The molecule has 0 aliphatic heterocycles. The third kappa shape index (κ3) is 3.42. The minimum atomic E-state index is -1.33. The van der Waals surface area contributed by atoms with Crippen LogP contribution in [-0.4, -0.2) is 26.9 Å². The number of aromatic carboxylic acids is 1. The van der Waals surface area contributed by atoms with Gasteiger partial charge in [-0.1, -0.05) is 6.07 Å². The number of benzene rings is 1. The van der Waals surface area contributed by atoms with E-state index in [4.69, 9.17) is 5.11 Å². The third-order valence-corrected chi connectivity index (χ3v) is 2.86. The molecule has 2 N–H and O–H groups in total. The molecule has 1 aromatic carbocycles. The number of carboxylic acids is 1. The molecule has 0 radical (unpaired) electrons. The second-order valence-corrected chi connectivity index (χ2v) is 4.34. The number of nitrogens with one attached hydrogen (secondary N) is 1. The lowest BCUT2D eigenvalue weighted by Crippen LogP contribution is -2.25. The van der Waals surface area contributed by atoms with E-state index in [1.165, 1.54) is 0 Å². The number of rotatable bonds is 5. The van der Waals surface area contributed by atoms with E-state index in [0.29, 0.717) is 0 Å². The summed E-state index contributed by atoms with van der Waals surface area (Å²) in [6.45, 7) is 0.133. The molecule has 8 heteroatoms. The van der Waals surface area contributed by atoms with Crippen molar-refractivity contribution in [2.24, 2.45) is 0 Å². The van der Waals surface area contributed by atoms with Crippen molar-refractivity contribution in [1.82, 2.24) is 10.3 Å². The summed E-state index contributed by atoms with van der Waals surface area (Å²) < 4.78 is 0. The normalized spacial score (nSPS) is 10.0. The monoisotopic (exact) mass is 301 g/mol. The van der Waals surface area contributed by atoms with Crippen molar-refractivity contribution < 1.29 is 19.6 Å². The van der Waals surface area contributed by atoms with Gasteiger partial charge >= 0.3 is 5.97 Å². The van der Waals surface area contributed by atoms with Crippen LogP contribution in [0.25, 0.3) is 0 Å². The quantitative estimate of drug-likeness (QED) is 0.639.